The number of para-hydroxylation sites is 1. The van der Waals surface area contributed by atoms with Gasteiger partial charge in [-0.15, -0.1) is 0 Å². The van der Waals surface area contributed by atoms with Gasteiger partial charge in [0.25, 0.3) is 5.91 Å². The second kappa shape index (κ2) is 7.87. The summed E-state index contributed by atoms with van der Waals surface area (Å²) in [6.07, 6.45) is 0.973. The van der Waals surface area contributed by atoms with Crippen LogP contribution < -0.4 is 15.4 Å². The van der Waals surface area contributed by atoms with E-state index in [1.807, 2.05) is 12.1 Å². The summed E-state index contributed by atoms with van der Waals surface area (Å²) in [5.41, 5.74) is 0.595. The smallest absolute Gasteiger partial charge is 0.255 e. The normalized spacial score (nSPS) is 15.8. The fraction of sp³-hybridized carbons (Fsp3) is 0.533. The van der Waals surface area contributed by atoms with Crippen molar-refractivity contribution < 1.29 is 9.53 Å². The molecule has 0 bridgehead atoms. The predicted octanol–water partition coefficient (Wildman–Crippen LogP) is 0.720. The third kappa shape index (κ3) is 4.21. The van der Waals surface area contributed by atoms with Crippen molar-refractivity contribution in [2.45, 2.75) is 6.42 Å². The molecular formula is C15H23N3O2. The zero-order valence-corrected chi connectivity index (χ0v) is 12.0. The van der Waals surface area contributed by atoms with E-state index < -0.39 is 0 Å². The molecule has 1 aliphatic rings. The Morgan fingerprint density at radius 1 is 1.35 bits per heavy atom. The molecule has 0 unspecified atom stereocenters. The Morgan fingerprint density at radius 3 is 2.85 bits per heavy atom. The molecule has 1 aromatic carbocycles. The van der Waals surface area contributed by atoms with Gasteiger partial charge in [0, 0.05) is 32.7 Å². The molecule has 1 amide bonds. The number of nitrogens with zero attached hydrogens (tertiary/aromatic N) is 1. The highest BCUT2D eigenvalue weighted by molar-refractivity contribution is 5.96. The van der Waals surface area contributed by atoms with Crippen molar-refractivity contribution >= 4 is 5.91 Å². The molecule has 1 aliphatic heterocycles. The molecule has 110 valence electrons. The van der Waals surface area contributed by atoms with Gasteiger partial charge in [-0.3, -0.25) is 4.79 Å². The first-order chi connectivity index (χ1) is 9.81. The third-order valence-corrected chi connectivity index (χ3v) is 3.50. The number of carbonyl (C=O) groups is 1. The minimum absolute atomic E-state index is 0.0669. The monoisotopic (exact) mass is 277 g/mol. The van der Waals surface area contributed by atoms with Gasteiger partial charge in [-0.25, -0.2) is 0 Å². The third-order valence-electron chi connectivity index (χ3n) is 3.50. The molecule has 2 rings (SSSR count). The van der Waals surface area contributed by atoms with Gasteiger partial charge in [0.2, 0.25) is 0 Å². The van der Waals surface area contributed by atoms with Crippen molar-refractivity contribution in [2.75, 3.05) is 46.4 Å². The second-order valence-electron chi connectivity index (χ2n) is 4.90. The standard InChI is InChI=1S/C15H23N3O2/c1-20-14-6-3-2-5-13(14)15(19)17-7-4-10-18-11-8-16-9-12-18/h2-3,5-6,16H,4,7-12H2,1H3,(H,17,19). The van der Waals surface area contributed by atoms with Crippen LogP contribution in [0.15, 0.2) is 24.3 Å². The number of nitrogens with one attached hydrogen (secondary N) is 2. The summed E-state index contributed by atoms with van der Waals surface area (Å²) in [5.74, 6) is 0.551. The van der Waals surface area contributed by atoms with Crippen LogP contribution >= 0.6 is 0 Å². The lowest BCUT2D eigenvalue weighted by atomic mass is 10.2. The van der Waals surface area contributed by atoms with E-state index in [0.29, 0.717) is 17.9 Å². The Bertz CT molecular complexity index is 431. The van der Waals surface area contributed by atoms with Crippen molar-refractivity contribution in [3.63, 3.8) is 0 Å². The molecule has 0 spiro atoms. The Labute approximate surface area is 120 Å². The van der Waals surface area contributed by atoms with Crippen molar-refractivity contribution in [1.82, 2.24) is 15.5 Å². The number of benzene rings is 1. The van der Waals surface area contributed by atoms with E-state index in [2.05, 4.69) is 15.5 Å². The minimum Gasteiger partial charge on any atom is -0.496 e. The van der Waals surface area contributed by atoms with Crippen LogP contribution in [0, 0.1) is 0 Å². The van der Waals surface area contributed by atoms with Crippen LogP contribution in [0.2, 0.25) is 0 Å². The van der Waals surface area contributed by atoms with E-state index in [1.54, 1.807) is 19.2 Å². The van der Waals surface area contributed by atoms with Crippen LogP contribution in [0.1, 0.15) is 16.8 Å². The van der Waals surface area contributed by atoms with Gasteiger partial charge in [0.05, 0.1) is 12.7 Å². The van der Waals surface area contributed by atoms with Gasteiger partial charge < -0.3 is 20.3 Å². The van der Waals surface area contributed by atoms with Crippen molar-refractivity contribution in [1.29, 1.82) is 0 Å². The summed E-state index contributed by atoms with van der Waals surface area (Å²) in [4.78, 5) is 14.5. The van der Waals surface area contributed by atoms with Crippen LogP contribution in [0.3, 0.4) is 0 Å². The molecule has 0 aromatic heterocycles. The highest BCUT2D eigenvalue weighted by atomic mass is 16.5. The molecule has 20 heavy (non-hydrogen) atoms. The molecule has 1 aromatic rings. The van der Waals surface area contributed by atoms with Crippen LogP contribution in [-0.4, -0.2) is 57.2 Å². The number of hydrogen-bond acceptors (Lipinski definition) is 4. The van der Waals surface area contributed by atoms with Gasteiger partial charge in [-0.2, -0.15) is 0 Å². The highest BCUT2D eigenvalue weighted by Gasteiger charge is 2.11. The number of rotatable bonds is 6. The number of hydrogen-bond donors (Lipinski definition) is 2. The molecule has 0 atom stereocenters. The lowest BCUT2D eigenvalue weighted by Gasteiger charge is -2.27. The van der Waals surface area contributed by atoms with Gasteiger partial charge in [0.1, 0.15) is 5.75 Å². The number of piperazine rings is 1. The molecular weight excluding hydrogens is 254 g/mol. The van der Waals surface area contributed by atoms with E-state index in [1.165, 1.54) is 0 Å². The Hall–Kier alpha value is -1.59. The molecule has 2 N–H and O–H groups in total. The average molecular weight is 277 g/mol. The maximum Gasteiger partial charge on any atom is 0.255 e. The summed E-state index contributed by atoms with van der Waals surface area (Å²) >= 11 is 0. The number of carbonyl (C=O) groups excluding carboxylic acids is 1. The Kier molecular flexibility index (Phi) is 5.83. The van der Waals surface area contributed by atoms with Crippen LogP contribution in [0.25, 0.3) is 0 Å². The Balaban J connectivity index is 1.72. The molecule has 0 aliphatic carbocycles. The van der Waals surface area contributed by atoms with E-state index in [0.717, 1.165) is 39.1 Å². The summed E-state index contributed by atoms with van der Waals surface area (Å²) < 4.78 is 5.19. The SMILES string of the molecule is COc1ccccc1C(=O)NCCCN1CCNCC1. The van der Waals surface area contributed by atoms with Gasteiger partial charge >= 0.3 is 0 Å². The second-order valence-corrected chi connectivity index (χ2v) is 4.90. The molecule has 1 saturated heterocycles. The maximum absolute atomic E-state index is 12.1. The quantitative estimate of drug-likeness (QED) is 0.752. The van der Waals surface area contributed by atoms with E-state index in [-0.39, 0.29) is 5.91 Å². The first kappa shape index (κ1) is 14.8. The van der Waals surface area contributed by atoms with E-state index in [4.69, 9.17) is 4.74 Å². The molecule has 1 fully saturated rings. The average Bonchev–Trinajstić information content (AvgIpc) is 2.52. The van der Waals surface area contributed by atoms with Crippen LogP contribution in [0.4, 0.5) is 0 Å². The fourth-order valence-electron chi connectivity index (χ4n) is 2.37. The van der Waals surface area contributed by atoms with Gasteiger partial charge in [-0.1, -0.05) is 12.1 Å². The summed E-state index contributed by atoms with van der Waals surface area (Å²) in [5, 5.41) is 6.28. The van der Waals surface area contributed by atoms with E-state index in [9.17, 15) is 4.79 Å². The van der Waals surface area contributed by atoms with Crippen LogP contribution in [0.5, 0.6) is 5.75 Å². The number of ether oxygens (including phenoxy) is 1. The fourth-order valence-corrected chi connectivity index (χ4v) is 2.37. The number of methoxy groups -OCH3 is 1. The largest absolute Gasteiger partial charge is 0.496 e. The summed E-state index contributed by atoms with van der Waals surface area (Å²) in [7, 11) is 1.58. The first-order valence-corrected chi connectivity index (χ1v) is 7.15. The molecule has 5 heteroatoms. The topological polar surface area (TPSA) is 53.6 Å². The Morgan fingerprint density at radius 2 is 2.10 bits per heavy atom. The van der Waals surface area contributed by atoms with E-state index >= 15 is 0 Å². The summed E-state index contributed by atoms with van der Waals surface area (Å²) in [6, 6.07) is 7.29. The predicted molar refractivity (Wildman–Crippen MR) is 79.3 cm³/mol. The van der Waals surface area contributed by atoms with Crippen molar-refractivity contribution in [3.8, 4) is 5.75 Å². The van der Waals surface area contributed by atoms with Gasteiger partial charge in [-0.05, 0) is 25.1 Å². The zero-order valence-electron chi connectivity index (χ0n) is 12.0. The lowest BCUT2D eigenvalue weighted by molar-refractivity contribution is 0.0948. The van der Waals surface area contributed by atoms with Crippen LogP contribution in [-0.2, 0) is 0 Å². The first-order valence-electron chi connectivity index (χ1n) is 7.15. The minimum atomic E-state index is -0.0669. The zero-order chi connectivity index (χ0) is 14.2. The van der Waals surface area contributed by atoms with Crippen molar-refractivity contribution in [2.24, 2.45) is 0 Å². The molecule has 5 nitrogen and oxygen atoms in total. The molecule has 0 saturated carbocycles. The molecule has 0 radical (unpaired) electrons. The lowest BCUT2D eigenvalue weighted by Crippen LogP contribution is -2.44. The maximum atomic E-state index is 12.1. The van der Waals surface area contributed by atoms with Gasteiger partial charge in [0.15, 0.2) is 0 Å². The highest BCUT2D eigenvalue weighted by Crippen LogP contribution is 2.16. The van der Waals surface area contributed by atoms with Crippen molar-refractivity contribution in [3.05, 3.63) is 29.8 Å². The summed E-state index contributed by atoms with van der Waals surface area (Å²) in [6.45, 7) is 6.05. The molecule has 1 heterocycles. The number of amides is 1.